The van der Waals surface area contributed by atoms with Crippen molar-refractivity contribution >= 4 is 11.6 Å². The zero-order chi connectivity index (χ0) is 10.2. The minimum Gasteiger partial charge on any atom is -0.384 e. The van der Waals surface area contributed by atoms with Gasteiger partial charge in [0.15, 0.2) is 0 Å². The van der Waals surface area contributed by atoms with E-state index in [1.54, 1.807) is 24.7 Å². The van der Waals surface area contributed by atoms with Gasteiger partial charge in [0.2, 0.25) is 0 Å². The summed E-state index contributed by atoms with van der Waals surface area (Å²) in [5.41, 5.74) is -0.276. The Morgan fingerprint density at radius 2 is 2.08 bits per heavy atom. The van der Waals surface area contributed by atoms with Crippen LogP contribution in [0.25, 0.3) is 0 Å². The molecule has 0 aliphatic carbocycles. The first-order chi connectivity index (χ1) is 5.84. The summed E-state index contributed by atoms with van der Waals surface area (Å²) in [7, 11) is 0. The van der Waals surface area contributed by atoms with E-state index >= 15 is 0 Å². The first-order valence-corrected chi connectivity index (χ1v) is 4.67. The third kappa shape index (κ3) is 2.03. The molecule has 0 atom stereocenters. The molecular weight excluding hydrogens is 188 g/mol. The van der Waals surface area contributed by atoms with Crippen LogP contribution in [0.15, 0.2) is 6.20 Å². The Morgan fingerprint density at radius 1 is 1.54 bits per heavy atom. The molecule has 1 aromatic rings. The van der Waals surface area contributed by atoms with Crippen LogP contribution in [-0.4, -0.2) is 14.9 Å². The van der Waals surface area contributed by atoms with E-state index in [9.17, 15) is 5.11 Å². The smallest absolute Gasteiger partial charge is 0.102 e. The van der Waals surface area contributed by atoms with Crippen LogP contribution in [0, 0.1) is 0 Å². The van der Waals surface area contributed by atoms with Crippen molar-refractivity contribution in [2.75, 3.05) is 0 Å². The third-order valence-electron chi connectivity index (χ3n) is 1.82. The van der Waals surface area contributed by atoms with Crippen molar-refractivity contribution in [3.8, 4) is 0 Å². The van der Waals surface area contributed by atoms with Crippen molar-refractivity contribution in [1.29, 1.82) is 0 Å². The highest BCUT2D eigenvalue weighted by atomic mass is 35.5. The highest BCUT2D eigenvalue weighted by Gasteiger charge is 2.25. The molecular formula is C9H15ClN2O. The molecule has 0 radical (unpaired) electrons. The van der Waals surface area contributed by atoms with E-state index in [1.165, 1.54) is 0 Å². The lowest BCUT2D eigenvalue weighted by Crippen LogP contribution is -2.23. The lowest BCUT2D eigenvalue weighted by molar-refractivity contribution is 0.0670. The summed E-state index contributed by atoms with van der Waals surface area (Å²) in [6.45, 7) is 7.40. The second-order valence-corrected chi connectivity index (χ2v) is 4.35. The average Bonchev–Trinajstić information content (AvgIpc) is 2.28. The van der Waals surface area contributed by atoms with Crippen LogP contribution in [0.2, 0.25) is 5.02 Å². The monoisotopic (exact) mass is 202 g/mol. The molecule has 1 rings (SSSR count). The number of aromatic nitrogens is 2. The fourth-order valence-corrected chi connectivity index (χ4v) is 1.67. The molecule has 1 aromatic heterocycles. The Labute approximate surface area is 83.3 Å². The lowest BCUT2D eigenvalue weighted by atomic mass is 10.1. The average molecular weight is 203 g/mol. The second-order valence-electron chi connectivity index (χ2n) is 3.94. The summed E-state index contributed by atoms with van der Waals surface area (Å²) in [4.78, 5) is 0. The SMILES string of the molecule is CC(C)n1ncc(Cl)c1C(C)(C)O. The van der Waals surface area contributed by atoms with E-state index in [4.69, 9.17) is 11.6 Å². The number of rotatable bonds is 2. The maximum atomic E-state index is 9.84. The van der Waals surface area contributed by atoms with E-state index in [-0.39, 0.29) is 6.04 Å². The standard InChI is InChI=1S/C9H15ClN2O/c1-6(2)12-8(9(3,4)13)7(10)5-11-12/h5-6,13H,1-4H3. The predicted octanol–water partition coefficient (Wildman–Crippen LogP) is 2.34. The number of halogens is 1. The quantitative estimate of drug-likeness (QED) is 0.800. The molecule has 0 aliphatic heterocycles. The molecule has 0 unspecified atom stereocenters. The van der Waals surface area contributed by atoms with Crippen molar-refractivity contribution in [3.63, 3.8) is 0 Å². The van der Waals surface area contributed by atoms with Crippen LogP contribution in [-0.2, 0) is 5.60 Å². The van der Waals surface area contributed by atoms with Crippen molar-refractivity contribution in [1.82, 2.24) is 9.78 Å². The van der Waals surface area contributed by atoms with Gasteiger partial charge >= 0.3 is 0 Å². The normalized spacial score (nSPS) is 12.5. The number of nitrogens with zero attached hydrogens (tertiary/aromatic N) is 2. The predicted molar refractivity (Wildman–Crippen MR) is 52.9 cm³/mol. The van der Waals surface area contributed by atoms with Crippen LogP contribution in [0.4, 0.5) is 0 Å². The third-order valence-corrected chi connectivity index (χ3v) is 2.10. The molecule has 0 saturated carbocycles. The molecule has 4 heteroatoms. The lowest BCUT2D eigenvalue weighted by Gasteiger charge is -2.21. The van der Waals surface area contributed by atoms with Crippen molar-refractivity contribution in [3.05, 3.63) is 16.9 Å². The van der Waals surface area contributed by atoms with E-state index < -0.39 is 5.60 Å². The van der Waals surface area contributed by atoms with Gasteiger partial charge < -0.3 is 5.11 Å². The largest absolute Gasteiger partial charge is 0.384 e. The van der Waals surface area contributed by atoms with E-state index in [2.05, 4.69) is 5.10 Å². The highest BCUT2D eigenvalue weighted by molar-refractivity contribution is 6.31. The van der Waals surface area contributed by atoms with E-state index in [0.29, 0.717) is 10.7 Å². The summed E-state index contributed by atoms with van der Waals surface area (Å²) in [6.07, 6.45) is 1.56. The number of aliphatic hydroxyl groups is 1. The molecule has 1 N–H and O–H groups in total. The van der Waals surface area contributed by atoms with Gasteiger partial charge in [-0.3, -0.25) is 4.68 Å². The topological polar surface area (TPSA) is 38.0 Å². The minimum atomic E-state index is -0.947. The summed E-state index contributed by atoms with van der Waals surface area (Å²) in [5.74, 6) is 0. The van der Waals surface area contributed by atoms with E-state index in [1.807, 2.05) is 13.8 Å². The second kappa shape index (κ2) is 3.31. The van der Waals surface area contributed by atoms with Gasteiger partial charge in [-0.2, -0.15) is 5.10 Å². The maximum Gasteiger partial charge on any atom is 0.102 e. The fourth-order valence-electron chi connectivity index (χ4n) is 1.31. The van der Waals surface area contributed by atoms with Crippen LogP contribution in [0.5, 0.6) is 0 Å². The van der Waals surface area contributed by atoms with E-state index in [0.717, 1.165) is 0 Å². The number of hydrogen-bond donors (Lipinski definition) is 1. The van der Waals surface area contributed by atoms with Crippen LogP contribution in [0.3, 0.4) is 0 Å². The van der Waals surface area contributed by atoms with Gasteiger partial charge in [0.05, 0.1) is 16.9 Å². The summed E-state index contributed by atoms with van der Waals surface area (Å²) >= 11 is 5.93. The molecule has 0 saturated heterocycles. The number of hydrogen-bond acceptors (Lipinski definition) is 2. The first kappa shape index (κ1) is 10.5. The Bertz CT molecular complexity index is 299. The Balaban J connectivity index is 3.25. The Morgan fingerprint density at radius 3 is 2.38 bits per heavy atom. The zero-order valence-corrected chi connectivity index (χ0v) is 9.13. The molecule has 0 aromatic carbocycles. The molecule has 0 fully saturated rings. The molecule has 0 spiro atoms. The Hall–Kier alpha value is -0.540. The molecule has 0 aliphatic rings. The molecule has 3 nitrogen and oxygen atoms in total. The van der Waals surface area contributed by atoms with Crippen molar-refractivity contribution in [2.24, 2.45) is 0 Å². The fraction of sp³-hybridized carbons (Fsp3) is 0.667. The molecule has 0 bridgehead atoms. The van der Waals surface area contributed by atoms with Crippen LogP contribution in [0.1, 0.15) is 39.4 Å². The van der Waals surface area contributed by atoms with Gasteiger partial charge in [-0.05, 0) is 27.7 Å². The first-order valence-electron chi connectivity index (χ1n) is 4.30. The van der Waals surface area contributed by atoms with Crippen LogP contribution < -0.4 is 0 Å². The molecule has 0 amide bonds. The molecule has 13 heavy (non-hydrogen) atoms. The van der Waals surface area contributed by atoms with Gasteiger partial charge in [0.1, 0.15) is 5.60 Å². The summed E-state index contributed by atoms with van der Waals surface area (Å²) in [6, 6.07) is 0.203. The van der Waals surface area contributed by atoms with Crippen molar-refractivity contribution < 1.29 is 5.11 Å². The Kier molecular flexibility index (Phi) is 2.68. The van der Waals surface area contributed by atoms with Gasteiger partial charge in [-0.1, -0.05) is 11.6 Å². The summed E-state index contributed by atoms with van der Waals surface area (Å²) < 4.78 is 1.74. The van der Waals surface area contributed by atoms with Crippen LogP contribution >= 0.6 is 11.6 Å². The van der Waals surface area contributed by atoms with Gasteiger partial charge in [-0.15, -0.1) is 0 Å². The van der Waals surface area contributed by atoms with Gasteiger partial charge in [0, 0.05) is 6.04 Å². The van der Waals surface area contributed by atoms with Gasteiger partial charge in [-0.25, -0.2) is 0 Å². The van der Waals surface area contributed by atoms with Gasteiger partial charge in [0.25, 0.3) is 0 Å². The zero-order valence-electron chi connectivity index (χ0n) is 8.37. The van der Waals surface area contributed by atoms with Crippen molar-refractivity contribution in [2.45, 2.75) is 39.3 Å². The maximum absolute atomic E-state index is 9.84. The summed E-state index contributed by atoms with van der Waals surface area (Å²) in [5, 5.41) is 14.5. The molecule has 74 valence electrons. The highest BCUT2D eigenvalue weighted by Crippen LogP contribution is 2.29. The molecule has 1 heterocycles. The minimum absolute atomic E-state index is 0.203.